The van der Waals surface area contributed by atoms with Crippen LogP contribution in [-0.4, -0.2) is 62.3 Å². The first kappa shape index (κ1) is 21.8. The highest BCUT2D eigenvalue weighted by molar-refractivity contribution is 7.22. The Morgan fingerprint density at radius 1 is 1.26 bits per heavy atom. The highest BCUT2D eigenvalue weighted by atomic mass is 32.1. The molecule has 0 spiro atoms. The molecule has 1 aliphatic heterocycles. The molecule has 3 aromatic rings. The summed E-state index contributed by atoms with van der Waals surface area (Å²) in [4.78, 5) is 22.5. The summed E-state index contributed by atoms with van der Waals surface area (Å²) < 4.78 is 17.6. The topological polar surface area (TPSA) is 68.0 Å². The van der Waals surface area contributed by atoms with Crippen molar-refractivity contribution in [3.05, 3.63) is 40.8 Å². The highest BCUT2D eigenvalue weighted by Gasteiger charge is 2.26. The van der Waals surface area contributed by atoms with Crippen molar-refractivity contribution >= 4 is 32.6 Å². The number of amides is 1. The van der Waals surface area contributed by atoms with Gasteiger partial charge in [0.25, 0.3) is 5.91 Å². The van der Waals surface area contributed by atoms with E-state index < -0.39 is 0 Å². The number of aromatic nitrogens is 1. The first-order valence-electron chi connectivity index (χ1n) is 10.6. The molecular weight excluding hydrogens is 414 g/mol. The third kappa shape index (κ3) is 4.61. The Hall–Kier alpha value is -2.42. The monoisotopic (exact) mass is 443 g/mol. The molecule has 2 aromatic heterocycles. The zero-order chi connectivity index (χ0) is 22.0. The molecule has 0 N–H and O–H groups in total. The SMILES string of the molecule is COc1ccc(C)c2sc(N(CCCN3CCOCC3)C(=O)c3cc(C)oc3C)nc12. The molecule has 0 radical (unpaired) electrons. The largest absolute Gasteiger partial charge is 0.494 e. The summed E-state index contributed by atoms with van der Waals surface area (Å²) in [6.45, 7) is 10.7. The average Bonchev–Trinajstić information content (AvgIpc) is 3.35. The van der Waals surface area contributed by atoms with Crippen molar-refractivity contribution in [3.8, 4) is 5.75 Å². The minimum atomic E-state index is -0.0768. The van der Waals surface area contributed by atoms with E-state index in [1.165, 1.54) is 11.3 Å². The summed E-state index contributed by atoms with van der Waals surface area (Å²) in [5.74, 6) is 2.01. The number of fused-ring (bicyclic) bond motifs is 1. The van der Waals surface area contributed by atoms with Crippen LogP contribution in [0, 0.1) is 20.8 Å². The molecule has 8 heteroatoms. The summed E-state index contributed by atoms with van der Waals surface area (Å²) in [7, 11) is 1.64. The molecule has 1 fully saturated rings. The lowest BCUT2D eigenvalue weighted by molar-refractivity contribution is 0.0376. The van der Waals surface area contributed by atoms with E-state index in [-0.39, 0.29) is 5.91 Å². The molecule has 1 aromatic carbocycles. The fourth-order valence-electron chi connectivity index (χ4n) is 3.93. The zero-order valence-electron chi connectivity index (χ0n) is 18.6. The van der Waals surface area contributed by atoms with Gasteiger partial charge in [0.2, 0.25) is 0 Å². The number of aryl methyl sites for hydroxylation is 3. The highest BCUT2D eigenvalue weighted by Crippen LogP contribution is 2.37. The minimum absolute atomic E-state index is 0.0768. The second-order valence-electron chi connectivity index (χ2n) is 7.85. The predicted molar refractivity (Wildman–Crippen MR) is 123 cm³/mol. The first-order chi connectivity index (χ1) is 15.0. The number of carbonyl (C=O) groups excluding carboxylic acids is 1. The molecule has 0 bridgehead atoms. The molecule has 0 atom stereocenters. The number of hydrogen-bond donors (Lipinski definition) is 0. The second kappa shape index (κ2) is 9.38. The van der Waals surface area contributed by atoms with E-state index in [4.69, 9.17) is 18.9 Å². The summed E-state index contributed by atoms with van der Waals surface area (Å²) in [5, 5.41) is 0.688. The van der Waals surface area contributed by atoms with Crippen LogP contribution in [0.2, 0.25) is 0 Å². The summed E-state index contributed by atoms with van der Waals surface area (Å²) >= 11 is 1.53. The Morgan fingerprint density at radius 2 is 2.03 bits per heavy atom. The molecule has 1 amide bonds. The van der Waals surface area contributed by atoms with Gasteiger partial charge in [0.05, 0.1) is 30.6 Å². The van der Waals surface area contributed by atoms with Gasteiger partial charge in [0, 0.05) is 26.2 Å². The fourth-order valence-corrected chi connectivity index (χ4v) is 5.00. The van der Waals surface area contributed by atoms with E-state index in [2.05, 4.69) is 11.8 Å². The van der Waals surface area contributed by atoms with Crippen LogP contribution < -0.4 is 9.64 Å². The lowest BCUT2D eigenvalue weighted by atomic mass is 10.2. The second-order valence-corrected chi connectivity index (χ2v) is 8.83. The van der Waals surface area contributed by atoms with Gasteiger partial charge in [-0.25, -0.2) is 4.98 Å². The van der Waals surface area contributed by atoms with Gasteiger partial charge in [-0.1, -0.05) is 17.4 Å². The Kier molecular flexibility index (Phi) is 6.60. The molecule has 31 heavy (non-hydrogen) atoms. The quantitative estimate of drug-likeness (QED) is 0.545. The van der Waals surface area contributed by atoms with E-state index in [1.807, 2.05) is 32.0 Å². The van der Waals surface area contributed by atoms with Crippen LogP contribution in [0.5, 0.6) is 5.75 Å². The number of thiazole rings is 1. The average molecular weight is 444 g/mol. The van der Waals surface area contributed by atoms with Crippen LogP contribution in [0.1, 0.15) is 33.9 Å². The van der Waals surface area contributed by atoms with Crippen LogP contribution >= 0.6 is 11.3 Å². The number of morpholine rings is 1. The standard InChI is InChI=1S/C23H29N3O4S/c1-15-6-7-19(28-4)20-21(15)31-23(24-20)26(9-5-8-25-10-12-29-13-11-25)22(27)18-14-16(2)30-17(18)3/h6-7,14H,5,8-13H2,1-4H3. The maximum atomic E-state index is 13.5. The van der Waals surface area contributed by atoms with Crippen LogP contribution in [-0.2, 0) is 4.74 Å². The lowest BCUT2D eigenvalue weighted by Gasteiger charge is -2.27. The Balaban J connectivity index is 1.64. The molecule has 7 nitrogen and oxygen atoms in total. The van der Waals surface area contributed by atoms with Gasteiger partial charge in [-0.2, -0.15) is 0 Å². The van der Waals surface area contributed by atoms with E-state index in [0.29, 0.717) is 23.0 Å². The number of rotatable bonds is 7. The number of nitrogens with zero attached hydrogens (tertiary/aromatic N) is 3. The molecule has 0 saturated carbocycles. The van der Waals surface area contributed by atoms with Crippen molar-refractivity contribution in [2.45, 2.75) is 27.2 Å². The molecule has 1 aliphatic rings. The van der Waals surface area contributed by atoms with Crippen molar-refractivity contribution in [1.29, 1.82) is 0 Å². The number of benzene rings is 1. The van der Waals surface area contributed by atoms with Gasteiger partial charge in [-0.15, -0.1) is 0 Å². The summed E-state index contributed by atoms with van der Waals surface area (Å²) in [5.41, 5.74) is 2.51. The smallest absolute Gasteiger partial charge is 0.263 e. The lowest BCUT2D eigenvalue weighted by Crippen LogP contribution is -2.39. The van der Waals surface area contributed by atoms with Crippen molar-refractivity contribution in [1.82, 2.24) is 9.88 Å². The van der Waals surface area contributed by atoms with E-state index in [0.717, 1.165) is 66.6 Å². The van der Waals surface area contributed by atoms with E-state index >= 15 is 0 Å². The van der Waals surface area contributed by atoms with Gasteiger partial charge in [-0.3, -0.25) is 14.6 Å². The maximum Gasteiger partial charge on any atom is 0.263 e. The van der Waals surface area contributed by atoms with Crippen LogP contribution in [0.25, 0.3) is 10.2 Å². The van der Waals surface area contributed by atoms with Crippen molar-refractivity contribution in [3.63, 3.8) is 0 Å². The number of carbonyl (C=O) groups is 1. The molecule has 3 heterocycles. The third-order valence-corrected chi connectivity index (χ3v) is 6.83. The Morgan fingerprint density at radius 3 is 2.71 bits per heavy atom. The molecule has 0 aliphatic carbocycles. The Bertz CT molecular complexity index is 1070. The summed E-state index contributed by atoms with van der Waals surface area (Å²) in [6, 6.07) is 5.76. The number of hydrogen-bond acceptors (Lipinski definition) is 7. The summed E-state index contributed by atoms with van der Waals surface area (Å²) in [6.07, 6.45) is 0.855. The minimum Gasteiger partial charge on any atom is -0.494 e. The molecule has 166 valence electrons. The maximum absolute atomic E-state index is 13.5. The van der Waals surface area contributed by atoms with Crippen LogP contribution in [0.15, 0.2) is 22.6 Å². The first-order valence-corrected chi connectivity index (χ1v) is 11.4. The van der Waals surface area contributed by atoms with Gasteiger partial charge in [-0.05, 0) is 44.9 Å². The van der Waals surface area contributed by atoms with Crippen LogP contribution in [0.4, 0.5) is 5.13 Å². The predicted octanol–water partition coefficient (Wildman–Crippen LogP) is 4.19. The van der Waals surface area contributed by atoms with Crippen molar-refractivity contribution in [2.24, 2.45) is 0 Å². The van der Waals surface area contributed by atoms with Crippen LogP contribution in [0.3, 0.4) is 0 Å². The Labute approximate surface area is 186 Å². The number of furan rings is 1. The van der Waals surface area contributed by atoms with Gasteiger partial charge < -0.3 is 13.9 Å². The molecular formula is C23H29N3O4S. The van der Waals surface area contributed by atoms with Gasteiger partial charge in [0.1, 0.15) is 22.8 Å². The number of methoxy groups -OCH3 is 1. The number of ether oxygens (including phenoxy) is 2. The molecule has 4 rings (SSSR count). The van der Waals surface area contributed by atoms with E-state index in [1.54, 1.807) is 12.0 Å². The normalized spacial score (nSPS) is 14.8. The zero-order valence-corrected chi connectivity index (χ0v) is 19.4. The number of anilines is 1. The van der Waals surface area contributed by atoms with Crippen molar-refractivity contribution in [2.75, 3.05) is 51.4 Å². The molecule has 1 saturated heterocycles. The van der Waals surface area contributed by atoms with E-state index in [9.17, 15) is 4.79 Å². The molecule has 0 unspecified atom stereocenters. The van der Waals surface area contributed by atoms with Gasteiger partial charge >= 0.3 is 0 Å². The third-order valence-electron chi connectivity index (χ3n) is 5.62. The van der Waals surface area contributed by atoms with Gasteiger partial charge in [0.15, 0.2) is 5.13 Å². The fraction of sp³-hybridized carbons (Fsp3) is 0.478. The van der Waals surface area contributed by atoms with Crippen molar-refractivity contribution < 1.29 is 18.7 Å².